The summed E-state index contributed by atoms with van der Waals surface area (Å²) >= 11 is 0. The van der Waals surface area contributed by atoms with E-state index in [4.69, 9.17) is 9.47 Å². The standard InChI is InChI=1S/C22H29NO4/c1-19(2,25)14-11-20-6-7-22(14,26-3)18-21(20)8-9-23-15(20)10-12-4-5-13(24)17(27-18)16(12)21/h4-5,14-15,18,23-25H,6-11H2,1-3H3/t14-,15+,18+,20+,21-,22+/m0/s1. The normalized spacial score (nSPS) is 46.1. The van der Waals surface area contributed by atoms with Crippen molar-refractivity contribution < 1.29 is 19.7 Å². The summed E-state index contributed by atoms with van der Waals surface area (Å²) in [7, 11) is 1.78. The maximum absolute atomic E-state index is 11.1. The molecular formula is C22H29NO4. The Kier molecular flexibility index (Phi) is 2.86. The van der Waals surface area contributed by atoms with Crippen LogP contribution in [-0.4, -0.2) is 47.2 Å². The third-order valence-corrected chi connectivity index (χ3v) is 9.04. The van der Waals surface area contributed by atoms with E-state index in [9.17, 15) is 10.2 Å². The molecule has 4 aliphatic carbocycles. The van der Waals surface area contributed by atoms with Crippen molar-refractivity contribution in [3.63, 3.8) is 0 Å². The molecule has 1 aromatic rings. The molecule has 5 nitrogen and oxygen atoms in total. The third kappa shape index (κ3) is 1.55. The number of aliphatic hydroxyl groups is 1. The molecule has 2 aliphatic heterocycles. The third-order valence-electron chi connectivity index (χ3n) is 9.04. The lowest BCUT2D eigenvalue weighted by Crippen LogP contribution is -2.82. The molecule has 3 saturated carbocycles. The van der Waals surface area contributed by atoms with E-state index in [1.54, 1.807) is 13.2 Å². The number of methoxy groups -OCH3 is 1. The van der Waals surface area contributed by atoms with E-state index >= 15 is 0 Å². The summed E-state index contributed by atoms with van der Waals surface area (Å²) in [6.45, 7) is 4.80. The second-order valence-corrected chi connectivity index (χ2v) is 10.1. The highest BCUT2D eigenvalue weighted by molar-refractivity contribution is 5.63. The average molecular weight is 371 g/mol. The topological polar surface area (TPSA) is 71.0 Å². The first kappa shape index (κ1) is 16.6. The van der Waals surface area contributed by atoms with Crippen LogP contribution in [0.15, 0.2) is 12.1 Å². The lowest BCUT2D eigenvalue weighted by molar-refractivity contribution is -0.289. The summed E-state index contributed by atoms with van der Waals surface area (Å²) in [6.07, 6.45) is 4.74. The number of hydrogen-bond acceptors (Lipinski definition) is 5. The highest BCUT2D eigenvalue weighted by Gasteiger charge is 2.80. The van der Waals surface area contributed by atoms with Gasteiger partial charge < -0.3 is 25.0 Å². The number of phenolic OH excluding ortho intramolecular Hbond substituents is 1. The Bertz CT molecular complexity index is 847. The van der Waals surface area contributed by atoms with Crippen LogP contribution in [-0.2, 0) is 16.6 Å². The minimum atomic E-state index is -0.847. The van der Waals surface area contributed by atoms with Gasteiger partial charge in [0.05, 0.1) is 5.60 Å². The van der Waals surface area contributed by atoms with Gasteiger partial charge in [-0.2, -0.15) is 0 Å². The van der Waals surface area contributed by atoms with Crippen molar-refractivity contribution in [2.24, 2.45) is 11.3 Å². The van der Waals surface area contributed by atoms with Gasteiger partial charge >= 0.3 is 0 Å². The van der Waals surface area contributed by atoms with Crippen molar-refractivity contribution in [2.45, 2.75) is 74.7 Å². The van der Waals surface area contributed by atoms with Crippen LogP contribution in [0.5, 0.6) is 11.5 Å². The molecule has 1 aromatic carbocycles. The predicted octanol–water partition coefficient (Wildman–Crippen LogP) is 2.27. The van der Waals surface area contributed by atoms with E-state index in [1.165, 1.54) is 11.1 Å². The molecule has 6 atom stereocenters. The van der Waals surface area contributed by atoms with Crippen molar-refractivity contribution in [1.82, 2.24) is 5.32 Å². The summed E-state index contributed by atoms with van der Waals surface area (Å²) in [5.41, 5.74) is 1.11. The zero-order valence-electron chi connectivity index (χ0n) is 16.3. The Balaban J connectivity index is 1.69. The van der Waals surface area contributed by atoms with Gasteiger partial charge in [0.25, 0.3) is 0 Å². The average Bonchev–Trinajstić information content (AvgIpc) is 2.99. The number of rotatable bonds is 2. The fourth-order valence-electron chi connectivity index (χ4n) is 8.18. The van der Waals surface area contributed by atoms with Gasteiger partial charge in [-0.05, 0) is 64.1 Å². The number of piperidine rings is 1. The van der Waals surface area contributed by atoms with E-state index in [1.807, 2.05) is 13.8 Å². The molecule has 4 bridgehead atoms. The number of nitrogens with one attached hydrogen (secondary N) is 1. The lowest BCUT2D eigenvalue weighted by Gasteiger charge is -2.73. The predicted molar refractivity (Wildman–Crippen MR) is 100 cm³/mol. The SMILES string of the molecule is CO[C@]12CC[C@@]3(C[C@H]1C(C)(C)O)[C@H]1Cc4ccc(O)c5c4[C@@]3(CCN1)[C@H]2O5. The quantitative estimate of drug-likeness (QED) is 0.744. The Morgan fingerprint density at radius 1 is 1.26 bits per heavy atom. The van der Waals surface area contributed by atoms with Crippen molar-refractivity contribution in [1.29, 1.82) is 0 Å². The molecule has 6 aliphatic rings. The number of benzene rings is 1. The van der Waals surface area contributed by atoms with Crippen molar-refractivity contribution in [3.05, 3.63) is 23.3 Å². The summed E-state index contributed by atoms with van der Waals surface area (Å²) in [4.78, 5) is 0. The van der Waals surface area contributed by atoms with Gasteiger partial charge in [0.2, 0.25) is 0 Å². The second-order valence-electron chi connectivity index (χ2n) is 10.1. The summed E-state index contributed by atoms with van der Waals surface area (Å²) in [6, 6.07) is 4.26. The second kappa shape index (κ2) is 4.64. The van der Waals surface area contributed by atoms with Crippen LogP contribution in [0.4, 0.5) is 0 Å². The first-order valence-corrected chi connectivity index (χ1v) is 10.3. The molecule has 7 rings (SSSR count). The Labute approximate surface area is 160 Å². The molecule has 27 heavy (non-hydrogen) atoms. The molecule has 2 spiro atoms. The highest BCUT2D eigenvalue weighted by atomic mass is 16.6. The van der Waals surface area contributed by atoms with Crippen LogP contribution in [0.2, 0.25) is 0 Å². The zero-order valence-corrected chi connectivity index (χ0v) is 16.3. The Hall–Kier alpha value is -1.30. The van der Waals surface area contributed by atoms with Crippen molar-refractivity contribution >= 4 is 0 Å². The van der Waals surface area contributed by atoms with Crippen LogP contribution in [0.25, 0.3) is 0 Å². The smallest absolute Gasteiger partial charge is 0.165 e. The molecule has 0 amide bonds. The molecule has 0 unspecified atom stereocenters. The van der Waals surface area contributed by atoms with Crippen LogP contribution < -0.4 is 10.1 Å². The van der Waals surface area contributed by atoms with Gasteiger partial charge in [0.15, 0.2) is 11.5 Å². The molecule has 1 saturated heterocycles. The van der Waals surface area contributed by atoms with Crippen LogP contribution in [0, 0.1) is 11.3 Å². The maximum Gasteiger partial charge on any atom is 0.165 e. The minimum Gasteiger partial charge on any atom is -0.504 e. The molecule has 0 radical (unpaired) electrons. The largest absolute Gasteiger partial charge is 0.504 e. The first-order chi connectivity index (χ1) is 12.8. The molecular weight excluding hydrogens is 342 g/mol. The Morgan fingerprint density at radius 3 is 2.81 bits per heavy atom. The van der Waals surface area contributed by atoms with Gasteiger partial charge in [0, 0.05) is 35.5 Å². The summed E-state index contributed by atoms with van der Waals surface area (Å²) in [5.74, 6) is 0.930. The molecule has 2 heterocycles. The monoisotopic (exact) mass is 371 g/mol. The van der Waals surface area contributed by atoms with E-state index in [-0.39, 0.29) is 28.6 Å². The Morgan fingerprint density at radius 2 is 2.07 bits per heavy atom. The number of phenols is 1. The lowest BCUT2D eigenvalue weighted by atomic mass is 9.34. The number of aromatic hydroxyl groups is 1. The van der Waals surface area contributed by atoms with E-state index in [0.717, 1.165) is 38.6 Å². The van der Waals surface area contributed by atoms with Crippen molar-refractivity contribution in [3.8, 4) is 11.5 Å². The number of ether oxygens (including phenoxy) is 2. The molecule has 5 heteroatoms. The first-order valence-electron chi connectivity index (χ1n) is 10.3. The van der Waals surface area contributed by atoms with Crippen LogP contribution >= 0.6 is 0 Å². The van der Waals surface area contributed by atoms with E-state index in [0.29, 0.717) is 11.8 Å². The van der Waals surface area contributed by atoms with E-state index < -0.39 is 11.2 Å². The number of hydrogen-bond donors (Lipinski definition) is 3. The minimum absolute atomic E-state index is 0.00211. The van der Waals surface area contributed by atoms with Gasteiger partial charge in [0.1, 0.15) is 11.7 Å². The van der Waals surface area contributed by atoms with Gasteiger partial charge in [-0.3, -0.25) is 0 Å². The molecule has 4 fully saturated rings. The molecule has 146 valence electrons. The van der Waals surface area contributed by atoms with Crippen molar-refractivity contribution in [2.75, 3.05) is 13.7 Å². The number of fused-ring (bicyclic) bond motifs is 2. The fraction of sp³-hybridized carbons (Fsp3) is 0.727. The fourth-order valence-corrected chi connectivity index (χ4v) is 8.18. The van der Waals surface area contributed by atoms with E-state index in [2.05, 4.69) is 11.4 Å². The highest BCUT2D eigenvalue weighted by Crippen LogP contribution is 2.76. The molecule has 0 aromatic heterocycles. The summed E-state index contributed by atoms with van der Waals surface area (Å²) in [5, 5.41) is 25.6. The van der Waals surface area contributed by atoms with Crippen LogP contribution in [0.1, 0.15) is 50.7 Å². The van der Waals surface area contributed by atoms with Crippen LogP contribution in [0.3, 0.4) is 0 Å². The molecule has 3 N–H and O–H groups in total. The summed E-state index contributed by atoms with van der Waals surface area (Å²) < 4.78 is 12.9. The zero-order chi connectivity index (χ0) is 18.8. The van der Waals surface area contributed by atoms with Gasteiger partial charge in [-0.15, -0.1) is 0 Å². The van der Waals surface area contributed by atoms with Gasteiger partial charge in [-0.25, -0.2) is 0 Å². The maximum atomic E-state index is 11.1. The van der Waals surface area contributed by atoms with Gasteiger partial charge in [-0.1, -0.05) is 6.07 Å².